The number of nitrogens with one attached hydrogen (secondary N) is 1. The van der Waals surface area contributed by atoms with Crippen LogP contribution < -0.4 is 5.23 Å². The van der Waals surface area contributed by atoms with Gasteiger partial charge in [-0.05, 0) is 38.3 Å². The van der Waals surface area contributed by atoms with Crippen molar-refractivity contribution in [2.24, 2.45) is 11.3 Å². The highest BCUT2D eigenvalue weighted by Crippen LogP contribution is 2.49. The van der Waals surface area contributed by atoms with E-state index in [1.54, 1.807) is 0 Å². The first-order valence-electron chi connectivity index (χ1n) is 9.09. The van der Waals surface area contributed by atoms with E-state index in [1.807, 2.05) is 0 Å². The molecule has 2 N–H and O–H groups in total. The second-order valence-electron chi connectivity index (χ2n) is 8.20. The lowest BCUT2D eigenvalue weighted by molar-refractivity contribution is -0.991. The number of ether oxygens (including phenoxy) is 1. The van der Waals surface area contributed by atoms with Crippen LogP contribution >= 0.6 is 0 Å². The first-order valence-corrected chi connectivity index (χ1v) is 9.09. The fourth-order valence-electron chi connectivity index (χ4n) is 4.13. The average Bonchev–Trinajstić information content (AvgIpc) is 2.90. The van der Waals surface area contributed by atoms with E-state index < -0.39 is 11.2 Å². The number of fused-ring (bicyclic) bond motifs is 1. The molecule has 1 aromatic carbocycles. The molecule has 1 fully saturated rings. The van der Waals surface area contributed by atoms with Crippen molar-refractivity contribution in [2.45, 2.75) is 52.6 Å². The second-order valence-corrected chi connectivity index (χ2v) is 8.20. The highest BCUT2D eigenvalue weighted by molar-refractivity contribution is 5.89. The Balaban J connectivity index is 1.79. The normalized spacial score (nSPS) is 26.3. The molecule has 26 heavy (non-hydrogen) atoms. The van der Waals surface area contributed by atoms with Crippen molar-refractivity contribution in [3.63, 3.8) is 0 Å². The molecule has 0 saturated heterocycles. The number of carbonyl (C=O) groups is 1. The van der Waals surface area contributed by atoms with Crippen molar-refractivity contribution in [1.29, 1.82) is 0 Å². The van der Waals surface area contributed by atoms with E-state index in [1.165, 1.54) is 35.4 Å². The van der Waals surface area contributed by atoms with Crippen molar-refractivity contribution in [2.75, 3.05) is 0 Å². The molecule has 2 aliphatic carbocycles. The quantitative estimate of drug-likeness (QED) is 0.491. The molecule has 0 spiro atoms. The summed E-state index contributed by atoms with van der Waals surface area (Å²) in [6.07, 6.45) is 3.60. The van der Waals surface area contributed by atoms with E-state index >= 15 is 0 Å². The second kappa shape index (κ2) is 6.99. The zero-order chi connectivity index (χ0) is 19.1. The molecule has 2 aliphatic rings. The van der Waals surface area contributed by atoms with E-state index in [0.717, 1.165) is 24.8 Å². The first kappa shape index (κ1) is 18.8. The molecule has 3 rings (SSSR count). The smallest absolute Gasteiger partial charge is 0.338 e. The Hall–Kier alpha value is -1.95. The number of allylic oxidation sites excluding steroid dienone is 2. The third-order valence-corrected chi connectivity index (χ3v) is 5.85. The van der Waals surface area contributed by atoms with Crippen LogP contribution in [-0.2, 0) is 4.74 Å². The number of hydrogen-bond donors (Lipinski definition) is 2. The molecule has 0 heterocycles. The Morgan fingerprint density at radius 1 is 1.35 bits per heavy atom. The molecule has 3 atom stereocenters. The lowest BCUT2D eigenvalue weighted by Gasteiger charge is -2.32. The summed E-state index contributed by atoms with van der Waals surface area (Å²) in [6.45, 7) is 10.8. The Morgan fingerprint density at radius 2 is 2.00 bits per heavy atom. The van der Waals surface area contributed by atoms with Crippen LogP contribution in [0.2, 0.25) is 0 Å². The summed E-state index contributed by atoms with van der Waals surface area (Å²) in [7, 11) is 0. The lowest BCUT2D eigenvalue weighted by atomic mass is 9.80. The largest absolute Gasteiger partial charge is 0.595 e. The summed E-state index contributed by atoms with van der Waals surface area (Å²) in [4.78, 5) is 12.6. The maximum absolute atomic E-state index is 12.6. The van der Waals surface area contributed by atoms with Crippen molar-refractivity contribution >= 4 is 11.7 Å². The van der Waals surface area contributed by atoms with Gasteiger partial charge in [0.2, 0.25) is 0 Å². The number of benzene rings is 1. The van der Waals surface area contributed by atoms with Crippen LogP contribution in [0.5, 0.6) is 0 Å². The van der Waals surface area contributed by atoms with Crippen LogP contribution in [0.4, 0.5) is 5.69 Å². The van der Waals surface area contributed by atoms with Gasteiger partial charge in [-0.15, -0.1) is 0 Å². The van der Waals surface area contributed by atoms with Crippen LogP contribution in [0.15, 0.2) is 47.6 Å². The number of rotatable bonds is 3. The molecule has 0 aromatic heterocycles. The van der Waals surface area contributed by atoms with Gasteiger partial charge in [0.15, 0.2) is 5.69 Å². The Labute approximate surface area is 154 Å². The number of quaternary nitrogens is 1. The zero-order valence-corrected chi connectivity index (χ0v) is 15.7. The van der Waals surface area contributed by atoms with Crippen molar-refractivity contribution < 1.29 is 20.0 Å². The molecule has 0 radical (unpaired) electrons. The van der Waals surface area contributed by atoms with Gasteiger partial charge in [0.05, 0.1) is 5.56 Å². The summed E-state index contributed by atoms with van der Waals surface area (Å²) >= 11 is 0. The van der Waals surface area contributed by atoms with Gasteiger partial charge < -0.3 is 9.94 Å². The van der Waals surface area contributed by atoms with Gasteiger partial charge in [-0.3, -0.25) is 0 Å². The maximum Gasteiger partial charge on any atom is 0.338 e. The van der Waals surface area contributed by atoms with E-state index in [4.69, 9.17) is 9.94 Å². The fourth-order valence-corrected chi connectivity index (χ4v) is 4.13. The van der Waals surface area contributed by atoms with Crippen LogP contribution in [0.25, 0.3) is 0 Å². The third-order valence-electron chi connectivity index (χ3n) is 5.85. The van der Waals surface area contributed by atoms with Crippen LogP contribution in [0.1, 0.15) is 56.8 Å². The van der Waals surface area contributed by atoms with Crippen LogP contribution in [0, 0.1) is 16.5 Å². The average molecular weight is 357 g/mol. The standard InChI is InChI=1S/C21H27NO4/c1-13-5-10-17-14(2)11-19(21(3,4)12-18(13)17)26-20(23)15-6-8-16(9-7-15)22(24)25/h6-9,17,19,22,24H,2,5,10-12H2,1,3-4H3/t17-,19-/m0/s1. The van der Waals surface area contributed by atoms with E-state index in [0.29, 0.717) is 17.9 Å². The minimum Gasteiger partial charge on any atom is -0.595 e. The Bertz CT molecular complexity index is 746. The molecule has 0 bridgehead atoms. The molecule has 1 aromatic rings. The van der Waals surface area contributed by atoms with E-state index in [2.05, 4.69) is 27.4 Å². The first-order chi connectivity index (χ1) is 12.2. The predicted molar refractivity (Wildman–Crippen MR) is 99.0 cm³/mol. The number of hydrogen-bond acceptors (Lipinski definition) is 4. The summed E-state index contributed by atoms with van der Waals surface area (Å²) < 4.78 is 5.87. The fraction of sp³-hybridized carbons (Fsp3) is 0.476. The zero-order valence-electron chi connectivity index (χ0n) is 15.7. The van der Waals surface area contributed by atoms with E-state index in [-0.39, 0.29) is 17.2 Å². The monoisotopic (exact) mass is 357 g/mol. The lowest BCUT2D eigenvalue weighted by Crippen LogP contribution is -2.99. The molecular formula is C21H27NO4. The van der Waals surface area contributed by atoms with Crippen molar-refractivity contribution in [3.05, 3.63) is 58.3 Å². The summed E-state index contributed by atoms with van der Waals surface area (Å²) in [5.74, 6) is 0.0124. The highest BCUT2D eigenvalue weighted by Gasteiger charge is 2.41. The Morgan fingerprint density at radius 3 is 2.62 bits per heavy atom. The molecule has 0 amide bonds. The minimum absolute atomic E-state index is 0.153. The topological polar surface area (TPSA) is 74.0 Å². The summed E-state index contributed by atoms with van der Waals surface area (Å²) in [6, 6.07) is 5.86. The molecule has 1 unspecified atom stereocenters. The van der Waals surface area contributed by atoms with Gasteiger partial charge >= 0.3 is 5.97 Å². The van der Waals surface area contributed by atoms with Crippen molar-refractivity contribution in [3.8, 4) is 0 Å². The maximum atomic E-state index is 12.6. The Kier molecular flexibility index (Phi) is 5.06. The third kappa shape index (κ3) is 3.61. The number of carbonyl (C=O) groups excluding carboxylic acids is 1. The van der Waals surface area contributed by atoms with Gasteiger partial charge in [-0.2, -0.15) is 5.23 Å². The predicted octanol–water partition coefficient (Wildman–Crippen LogP) is 3.72. The van der Waals surface area contributed by atoms with Gasteiger partial charge in [0.1, 0.15) is 6.10 Å². The van der Waals surface area contributed by atoms with E-state index in [9.17, 15) is 10.0 Å². The van der Waals surface area contributed by atoms with Crippen LogP contribution in [0.3, 0.4) is 0 Å². The SMILES string of the molecule is C=C1C[C@H](OC(=O)c2ccc([NH+]([O-])O)cc2)C(C)(C)CC2=C(C)CC[C@@H]12. The summed E-state index contributed by atoms with van der Waals surface area (Å²) in [5.41, 5.74) is 4.44. The van der Waals surface area contributed by atoms with Gasteiger partial charge in [-0.1, -0.05) is 37.1 Å². The summed E-state index contributed by atoms with van der Waals surface area (Å²) in [5, 5.41) is 18.9. The molecule has 140 valence electrons. The molecule has 5 heteroatoms. The minimum atomic E-state index is -1.01. The molecule has 1 saturated carbocycles. The highest BCUT2D eigenvalue weighted by atomic mass is 16.8. The van der Waals surface area contributed by atoms with Crippen molar-refractivity contribution in [1.82, 2.24) is 0 Å². The van der Waals surface area contributed by atoms with Gasteiger partial charge in [0.25, 0.3) is 0 Å². The molecule has 0 aliphatic heterocycles. The van der Waals surface area contributed by atoms with Crippen LogP contribution in [-0.4, -0.2) is 17.3 Å². The molecular weight excluding hydrogens is 330 g/mol. The number of esters is 1. The molecule has 5 nitrogen and oxygen atoms in total. The van der Waals surface area contributed by atoms with Gasteiger partial charge in [-0.25, -0.2) is 10.0 Å². The van der Waals surface area contributed by atoms with Gasteiger partial charge in [0, 0.05) is 29.9 Å².